The van der Waals surface area contributed by atoms with Crippen LogP contribution in [0, 0.1) is 6.92 Å². The SMILES string of the molecule is CC(=O)N1CCN(Cc2ccccc2NC(=O)Cc2ccc(C)nc2)CC1. The molecule has 0 saturated carbocycles. The molecule has 2 aromatic rings. The standard InChI is InChI=1S/C21H26N4O2/c1-16-7-8-18(14-22-16)13-21(27)23-20-6-4-3-5-19(20)15-24-9-11-25(12-10-24)17(2)26/h3-8,14H,9-13,15H2,1-2H3,(H,23,27). The normalized spacial score (nSPS) is 14.8. The summed E-state index contributed by atoms with van der Waals surface area (Å²) in [5.41, 5.74) is 3.77. The third-order valence-corrected chi connectivity index (χ3v) is 4.84. The molecule has 0 bridgehead atoms. The highest BCUT2D eigenvalue weighted by Crippen LogP contribution is 2.19. The quantitative estimate of drug-likeness (QED) is 0.881. The Morgan fingerprint density at radius 2 is 1.81 bits per heavy atom. The van der Waals surface area contributed by atoms with Gasteiger partial charge in [0.25, 0.3) is 0 Å². The van der Waals surface area contributed by atoms with E-state index in [1.165, 1.54) is 0 Å². The Morgan fingerprint density at radius 1 is 1.07 bits per heavy atom. The Morgan fingerprint density at radius 3 is 2.48 bits per heavy atom. The zero-order valence-electron chi connectivity index (χ0n) is 15.9. The van der Waals surface area contributed by atoms with Gasteiger partial charge < -0.3 is 10.2 Å². The molecule has 142 valence electrons. The van der Waals surface area contributed by atoms with Gasteiger partial charge in [-0.25, -0.2) is 0 Å². The van der Waals surface area contributed by atoms with Crippen molar-refractivity contribution in [3.63, 3.8) is 0 Å². The molecule has 1 N–H and O–H groups in total. The second-order valence-corrected chi connectivity index (χ2v) is 6.97. The van der Waals surface area contributed by atoms with Crippen LogP contribution in [0.2, 0.25) is 0 Å². The van der Waals surface area contributed by atoms with Crippen LogP contribution in [-0.4, -0.2) is 52.8 Å². The summed E-state index contributed by atoms with van der Waals surface area (Å²) in [6.07, 6.45) is 2.05. The number of rotatable bonds is 5. The van der Waals surface area contributed by atoms with Gasteiger partial charge in [-0.3, -0.25) is 19.5 Å². The van der Waals surface area contributed by atoms with Crippen molar-refractivity contribution in [2.24, 2.45) is 0 Å². The highest BCUT2D eigenvalue weighted by Gasteiger charge is 2.19. The van der Waals surface area contributed by atoms with Crippen molar-refractivity contribution in [1.82, 2.24) is 14.8 Å². The van der Waals surface area contributed by atoms with Gasteiger partial charge in [-0.05, 0) is 30.2 Å². The number of aromatic nitrogens is 1. The molecule has 2 amide bonds. The average Bonchev–Trinajstić information content (AvgIpc) is 2.65. The largest absolute Gasteiger partial charge is 0.340 e. The molecule has 0 aliphatic carbocycles. The third-order valence-electron chi connectivity index (χ3n) is 4.84. The van der Waals surface area contributed by atoms with Gasteiger partial charge >= 0.3 is 0 Å². The summed E-state index contributed by atoms with van der Waals surface area (Å²) in [7, 11) is 0. The van der Waals surface area contributed by atoms with E-state index >= 15 is 0 Å². The predicted molar refractivity (Wildman–Crippen MR) is 105 cm³/mol. The molecule has 6 heteroatoms. The fraction of sp³-hybridized carbons (Fsp3) is 0.381. The van der Waals surface area contributed by atoms with Crippen molar-refractivity contribution in [2.75, 3.05) is 31.5 Å². The molecular formula is C21H26N4O2. The van der Waals surface area contributed by atoms with E-state index in [2.05, 4.69) is 15.2 Å². The molecule has 0 atom stereocenters. The highest BCUT2D eigenvalue weighted by molar-refractivity contribution is 5.92. The number of hydrogen-bond acceptors (Lipinski definition) is 4. The summed E-state index contributed by atoms with van der Waals surface area (Å²) in [5.74, 6) is 0.0856. The predicted octanol–water partition coefficient (Wildman–Crippen LogP) is 2.24. The van der Waals surface area contributed by atoms with E-state index in [0.717, 1.165) is 55.2 Å². The molecule has 1 fully saturated rings. The van der Waals surface area contributed by atoms with Crippen LogP contribution in [0.3, 0.4) is 0 Å². The highest BCUT2D eigenvalue weighted by atomic mass is 16.2. The first-order valence-electron chi connectivity index (χ1n) is 9.28. The Balaban J connectivity index is 1.59. The van der Waals surface area contributed by atoms with Crippen LogP contribution in [0.15, 0.2) is 42.6 Å². The Kier molecular flexibility index (Phi) is 6.19. The number of benzene rings is 1. The molecule has 0 unspecified atom stereocenters. The fourth-order valence-corrected chi connectivity index (χ4v) is 3.22. The minimum Gasteiger partial charge on any atom is -0.340 e. The lowest BCUT2D eigenvalue weighted by atomic mass is 10.1. The van der Waals surface area contributed by atoms with Crippen molar-refractivity contribution in [2.45, 2.75) is 26.8 Å². The molecule has 27 heavy (non-hydrogen) atoms. The van der Waals surface area contributed by atoms with Crippen LogP contribution >= 0.6 is 0 Å². The van der Waals surface area contributed by atoms with E-state index in [9.17, 15) is 9.59 Å². The number of hydrogen-bond donors (Lipinski definition) is 1. The number of aryl methyl sites for hydroxylation is 1. The van der Waals surface area contributed by atoms with Gasteiger partial charge in [-0.1, -0.05) is 24.3 Å². The van der Waals surface area contributed by atoms with E-state index in [1.54, 1.807) is 13.1 Å². The van der Waals surface area contributed by atoms with E-state index in [-0.39, 0.29) is 11.8 Å². The van der Waals surface area contributed by atoms with Crippen molar-refractivity contribution in [1.29, 1.82) is 0 Å². The van der Waals surface area contributed by atoms with E-state index in [1.807, 2.05) is 48.2 Å². The van der Waals surface area contributed by atoms with E-state index < -0.39 is 0 Å². The number of carbonyl (C=O) groups is 2. The lowest BCUT2D eigenvalue weighted by Crippen LogP contribution is -2.47. The van der Waals surface area contributed by atoms with E-state index in [4.69, 9.17) is 0 Å². The van der Waals surface area contributed by atoms with Gasteiger partial charge in [0.15, 0.2) is 0 Å². The molecular weight excluding hydrogens is 340 g/mol. The first-order valence-corrected chi connectivity index (χ1v) is 9.28. The molecule has 1 aromatic heterocycles. The van der Waals surface area contributed by atoms with Crippen molar-refractivity contribution >= 4 is 17.5 Å². The second-order valence-electron chi connectivity index (χ2n) is 6.97. The first kappa shape index (κ1) is 19.0. The van der Waals surface area contributed by atoms with Crippen LogP contribution < -0.4 is 5.32 Å². The number of amides is 2. The molecule has 0 spiro atoms. The molecule has 6 nitrogen and oxygen atoms in total. The van der Waals surface area contributed by atoms with Gasteiger partial charge in [0.1, 0.15) is 0 Å². The smallest absolute Gasteiger partial charge is 0.228 e. The maximum atomic E-state index is 12.4. The summed E-state index contributed by atoms with van der Waals surface area (Å²) < 4.78 is 0. The summed E-state index contributed by atoms with van der Waals surface area (Å²) in [5, 5.41) is 3.03. The Hall–Kier alpha value is -2.73. The summed E-state index contributed by atoms with van der Waals surface area (Å²) in [4.78, 5) is 32.3. The van der Waals surface area contributed by atoms with Crippen molar-refractivity contribution < 1.29 is 9.59 Å². The van der Waals surface area contributed by atoms with Gasteiger partial charge in [-0.15, -0.1) is 0 Å². The first-order chi connectivity index (χ1) is 13.0. The Labute approximate surface area is 160 Å². The number of piperazine rings is 1. The molecule has 0 radical (unpaired) electrons. The minimum atomic E-state index is -0.0468. The zero-order chi connectivity index (χ0) is 19.2. The molecule has 1 aromatic carbocycles. The lowest BCUT2D eigenvalue weighted by Gasteiger charge is -2.34. The third kappa shape index (κ3) is 5.37. The van der Waals surface area contributed by atoms with Crippen molar-refractivity contribution in [3.05, 3.63) is 59.4 Å². The van der Waals surface area contributed by atoms with Crippen LogP contribution in [0.1, 0.15) is 23.7 Å². The molecule has 1 aliphatic rings. The maximum absolute atomic E-state index is 12.4. The average molecular weight is 366 g/mol. The molecule has 2 heterocycles. The van der Waals surface area contributed by atoms with Gasteiger partial charge in [0.05, 0.1) is 6.42 Å². The maximum Gasteiger partial charge on any atom is 0.228 e. The number of anilines is 1. The topological polar surface area (TPSA) is 65.5 Å². The van der Waals surface area contributed by atoms with Crippen LogP contribution in [0.5, 0.6) is 0 Å². The second kappa shape index (κ2) is 8.77. The van der Waals surface area contributed by atoms with Gasteiger partial charge in [-0.2, -0.15) is 0 Å². The van der Waals surface area contributed by atoms with Crippen LogP contribution in [0.25, 0.3) is 0 Å². The van der Waals surface area contributed by atoms with Gasteiger partial charge in [0.2, 0.25) is 11.8 Å². The number of pyridine rings is 1. The van der Waals surface area contributed by atoms with Gasteiger partial charge in [0, 0.05) is 57.2 Å². The van der Waals surface area contributed by atoms with Crippen LogP contribution in [0.4, 0.5) is 5.69 Å². The molecule has 3 rings (SSSR count). The molecule has 1 saturated heterocycles. The van der Waals surface area contributed by atoms with Crippen molar-refractivity contribution in [3.8, 4) is 0 Å². The Bertz CT molecular complexity index is 796. The summed E-state index contributed by atoms with van der Waals surface area (Å²) in [6, 6.07) is 11.7. The summed E-state index contributed by atoms with van der Waals surface area (Å²) >= 11 is 0. The van der Waals surface area contributed by atoms with E-state index in [0.29, 0.717) is 6.42 Å². The summed E-state index contributed by atoms with van der Waals surface area (Å²) in [6.45, 7) is 7.50. The minimum absolute atomic E-state index is 0.0468. The fourth-order valence-electron chi connectivity index (χ4n) is 3.22. The number of carbonyl (C=O) groups excluding carboxylic acids is 2. The molecule has 1 aliphatic heterocycles. The monoisotopic (exact) mass is 366 g/mol. The number of para-hydroxylation sites is 1. The zero-order valence-corrected chi connectivity index (χ0v) is 15.9. The number of nitrogens with zero attached hydrogens (tertiary/aromatic N) is 3. The van der Waals surface area contributed by atoms with Crippen LogP contribution in [-0.2, 0) is 22.6 Å². The number of nitrogens with one attached hydrogen (secondary N) is 1. The lowest BCUT2D eigenvalue weighted by molar-refractivity contribution is -0.130.